The maximum absolute atomic E-state index is 12.6. The summed E-state index contributed by atoms with van der Waals surface area (Å²) in [7, 11) is 0. The lowest BCUT2D eigenvalue weighted by Gasteiger charge is -2.31. The van der Waals surface area contributed by atoms with E-state index in [1.165, 1.54) is 0 Å². The van der Waals surface area contributed by atoms with Gasteiger partial charge in [0.25, 0.3) is 5.91 Å². The lowest BCUT2D eigenvalue weighted by molar-refractivity contribution is -0.151. The van der Waals surface area contributed by atoms with Crippen molar-refractivity contribution in [2.45, 2.75) is 19.4 Å². The molecular formula is C23H22ClN3O3. The van der Waals surface area contributed by atoms with Crippen LogP contribution in [0.2, 0.25) is 5.02 Å². The molecule has 4 rings (SSSR count). The number of amides is 1. The van der Waals surface area contributed by atoms with E-state index in [9.17, 15) is 9.59 Å². The normalized spacial score (nSPS) is 14.5. The Morgan fingerprint density at radius 3 is 2.37 bits per heavy atom. The summed E-state index contributed by atoms with van der Waals surface area (Å²) in [6.07, 6.45) is 4.82. The minimum absolute atomic E-state index is 0.0317. The van der Waals surface area contributed by atoms with Gasteiger partial charge in [-0.2, -0.15) is 5.10 Å². The van der Waals surface area contributed by atoms with Crippen LogP contribution >= 0.6 is 11.6 Å². The van der Waals surface area contributed by atoms with Gasteiger partial charge in [0, 0.05) is 36.1 Å². The van der Waals surface area contributed by atoms with Crippen LogP contribution in [0.1, 0.15) is 28.8 Å². The zero-order chi connectivity index (χ0) is 20.9. The molecular weight excluding hydrogens is 402 g/mol. The van der Waals surface area contributed by atoms with E-state index >= 15 is 0 Å². The van der Waals surface area contributed by atoms with Gasteiger partial charge in [-0.05, 0) is 60.9 Å². The smallest absolute Gasteiger partial charge is 0.309 e. The van der Waals surface area contributed by atoms with Crippen molar-refractivity contribution in [1.29, 1.82) is 0 Å². The molecule has 1 saturated heterocycles. The van der Waals surface area contributed by atoms with Crippen LogP contribution in [0.5, 0.6) is 0 Å². The first kappa shape index (κ1) is 20.2. The van der Waals surface area contributed by atoms with E-state index in [4.69, 9.17) is 16.3 Å². The third-order valence-corrected chi connectivity index (χ3v) is 5.55. The Morgan fingerprint density at radius 2 is 1.73 bits per heavy atom. The zero-order valence-electron chi connectivity index (χ0n) is 16.4. The Labute approximate surface area is 180 Å². The third kappa shape index (κ3) is 4.71. The summed E-state index contributed by atoms with van der Waals surface area (Å²) in [6, 6.07) is 16.5. The molecule has 6 nitrogen and oxygen atoms in total. The van der Waals surface area contributed by atoms with Crippen molar-refractivity contribution in [1.82, 2.24) is 14.7 Å². The van der Waals surface area contributed by atoms with Crippen molar-refractivity contribution in [3.05, 3.63) is 83.1 Å². The first-order chi connectivity index (χ1) is 14.6. The highest BCUT2D eigenvalue weighted by atomic mass is 35.5. The van der Waals surface area contributed by atoms with E-state index in [2.05, 4.69) is 5.10 Å². The van der Waals surface area contributed by atoms with E-state index in [0.717, 1.165) is 11.3 Å². The highest BCUT2D eigenvalue weighted by Crippen LogP contribution is 2.22. The molecule has 1 aliphatic heterocycles. The molecule has 0 saturated carbocycles. The van der Waals surface area contributed by atoms with E-state index in [1.54, 1.807) is 40.0 Å². The molecule has 3 aromatic rings. The lowest BCUT2D eigenvalue weighted by atomic mass is 9.96. The zero-order valence-corrected chi connectivity index (χ0v) is 17.2. The Morgan fingerprint density at radius 1 is 1.03 bits per heavy atom. The maximum Gasteiger partial charge on any atom is 0.309 e. The van der Waals surface area contributed by atoms with Crippen LogP contribution in [0.15, 0.2) is 67.0 Å². The van der Waals surface area contributed by atoms with E-state index in [1.807, 2.05) is 36.5 Å². The number of aromatic nitrogens is 2. The molecule has 0 N–H and O–H groups in total. The molecule has 2 heterocycles. The Bertz CT molecular complexity index is 993. The molecule has 30 heavy (non-hydrogen) atoms. The van der Waals surface area contributed by atoms with Gasteiger partial charge in [0.1, 0.15) is 6.61 Å². The summed E-state index contributed by atoms with van der Waals surface area (Å²) in [4.78, 5) is 26.8. The highest BCUT2D eigenvalue weighted by Gasteiger charge is 2.28. The number of carbonyl (C=O) groups is 2. The molecule has 2 aromatic carbocycles. The molecule has 1 amide bonds. The van der Waals surface area contributed by atoms with Crippen molar-refractivity contribution in [2.75, 3.05) is 13.1 Å². The summed E-state index contributed by atoms with van der Waals surface area (Å²) in [5.41, 5.74) is 2.49. The summed E-state index contributed by atoms with van der Waals surface area (Å²) in [5, 5.41) is 4.79. The number of halogens is 1. The number of hydrogen-bond donors (Lipinski definition) is 0. The molecule has 0 unspecified atom stereocenters. The fourth-order valence-electron chi connectivity index (χ4n) is 3.53. The number of carbonyl (C=O) groups excluding carboxylic acids is 2. The van der Waals surface area contributed by atoms with Crippen LogP contribution < -0.4 is 0 Å². The van der Waals surface area contributed by atoms with Crippen LogP contribution in [0.3, 0.4) is 0 Å². The molecule has 1 aromatic heterocycles. The number of nitrogens with zero attached hydrogens (tertiary/aromatic N) is 3. The van der Waals surface area contributed by atoms with Gasteiger partial charge in [-0.1, -0.05) is 23.7 Å². The summed E-state index contributed by atoms with van der Waals surface area (Å²) >= 11 is 5.88. The number of likely N-dealkylation sites (tertiary alicyclic amines) is 1. The molecule has 0 atom stereocenters. The lowest BCUT2D eigenvalue weighted by Crippen LogP contribution is -2.40. The van der Waals surface area contributed by atoms with Gasteiger partial charge >= 0.3 is 5.97 Å². The first-order valence-electron chi connectivity index (χ1n) is 9.90. The standard InChI is InChI=1S/C23H22ClN3O3/c24-20-6-4-18(5-7-20)22(28)26-14-10-19(11-15-26)23(29)30-16-17-2-8-21(9-3-17)27-13-1-12-25-27/h1-9,12-13,19H,10-11,14-16H2. The van der Waals surface area contributed by atoms with Crippen molar-refractivity contribution >= 4 is 23.5 Å². The van der Waals surface area contributed by atoms with Crippen LogP contribution in [0, 0.1) is 5.92 Å². The van der Waals surface area contributed by atoms with Crippen LogP contribution in [-0.2, 0) is 16.1 Å². The first-order valence-corrected chi connectivity index (χ1v) is 10.3. The Kier molecular flexibility index (Phi) is 6.14. The van der Waals surface area contributed by atoms with Gasteiger partial charge in [-0.15, -0.1) is 0 Å². The van der Waals surface area contributed by atoms with Gasteiger partial charge in [-0.25, -0.2) is 4.68 Å². The van der Waals surface area contributed by atoms with Crippen LogP contribution in [-0.4, -0.2) is 39.6 Å². The minimum Gasteiger partial charge on any atom is -0.461 e. The predicted octanol–water partition coefficient (Wildman–Crippen LogP) is 4.12. The maximum atomic E-state index is 12.6. The minimum atomic E-state index is -0.204. The average Bonchev–Trinajstić information content (AvgIpc) is 3.33. The van der Waals surface area contributed by atoms with Crippen molar-refractivity contribution in [3.63, 3.8) is 0 Å². The van der Waals surface area contributed by atoms with Crippen molar-refractivity contribution in [2.24, 2.45) is 5.92 Å². The monoisotopic (exact) mass is 423 g/mol. The van der Waals surface area contributed by atoms with Gasteiger partial charge in [0.15, 0.2) is 0 Å². The quantitative estimate of drug-likeness (QED) is 0.579. The van der Waals surface area contributed by atoms with Crippen molar-refractivity contribution in [3.8, 4) is 5.69 Å². The SMILES string of the molecule is O=C(OCc1ccc(-n2cccn2)cc1)C1CCN(C(=O)c2ccc(Cl)cc2)CC1. The predicted molar refractivity (Wildman–Crippen MR) is 113 cm³/mol. The molecule has 1 aliphatic rings. The Hall–Kier alpha value is -3.12. The van der Waals surface area contributed by atoms with Gasteiger partial charge in [-0.3, -0.25) is 9.59 Å². The average molecular weight is 424 g/mol. The summed E-state index contributed by atoms with van der Waals surface area (Å²) in [5.74, 6) is -0.414. The fourth-order valence-corrected chi connectivity index (χ4v) is 3.66. The molecule has 7 heteroatoms. The largest absolute Gasteiger partial charge is 0.461 e. The number of ether oxygens (including phenoxy) is 1. The molecule has 0 radical (unpaired) electrons. The second-order valence-corrected chi connectivity index (χ2v) is 7.73. The van der Waals surface area contributed by atoms with E-state index in [0.29, 0.717) is 36.5 Å². The van der Waals surface area contributed by atoms with Gasteiger partial charge in [0.2, 0.25) is 0 Å². The number of esters is 1. The number of benzene rings is 2. The number of piperidine rings is 1. The van der Waals surface area contributed by atoms with Gasteiger partial charge in [0.05, 0.1) is 11.6 Å². The summed E-state index contributed by atoms with van der Waals surface area (Å²) in [6.45, 7) is 1.32. The van der Waals surface area contributed by atoms with E-state index < -0.39 is 0 Å². The second-order valence-electron chi connectivity index (χ2n) is 7.30. The second kappa shape index (κ2) is 9.13. The number of rotatable bonds is 5. The molecule has 154 valence electrons. The molecule has 1 fully saturated rings. The highest BCUT2D eigenvalue weighted by molar-refractivity contribution is 6.30. The topological polar surface area (TPSA) is 64.4 Å². The number of hydrogen-bond acceptors (Lipinski definition) is 4. The fraction of sp³-hybridized carbons (Fsp3) is 0.261. The Balaban J connectivity index is 1.25. The van der Waals surface area contributed by atoms with Gasteiger partial charge < -0.3 is 9.64 Å². The summed E-state index contributed by atoms with van der Waals surface area (Å²) < 4.78 is 7.28. The van der Waals surface area contributed by atoms with Crippen molar-refractivity contribution < 1.29 is 14.3 Å². The molecule has 0 bridgehead atoms. The van der Waals surface area contributed by atoms with Crippen LogP contribution in [0.4, 0.5) is 0 Å². The third-order valence-electron chi connectivity index (χ3n) is 5.29. The molecule has 0 spiro atoms. The van der Waals surface area contributed by atoms with E-state index in [-0.39, 0.29) is 24.4 Å². The van der Waals surface area contributed by atoms with Crippen LogP contribution in [0.25, 0.3) is 5.69 Å². The molecule has 0 aliphatic carbocycles.